The van der Waals surface area contributed by atoms with Gasteiger partial charge in [-0.25, -0.2) is 19.6 Å². The highest BCUT2D eigenvalue weighted by atomic mass is 28.3. The molecule has 0 aromatic carbocycles. The van der Waals surface area contributed by atoms with E-state index in [1.165, 1.54) is 0 Å². The number of hydrogen-bond donors (Lipinski definition) is 0. The fourth-order valence-corrected chi connectivity index (χ4v) is 3.08. The summed E-state index contributed by atoms with van der Waals surface area (Å²) in [6.07, 6.45) is 7.04. The molecule has 7 nitrogen and oxygen atoms in total. The quantitative estimate of drug-likeness (QED) is 0.477. The summed E-state index contributed by atoms with van der Waals surface area (Å²) in [5.74, 6) is 0. The normalized spacial score (nSPS) is 11.8. The van der Waals surface area contributed by atoms with Crippen LogP contribution in [0.1, 0.15) is 0 Å². The molecule has 0 aliphatic rings. The minimum atomic E-state index is -1.08. The van der Waals surface area contributed by atoms with Crippen LogP contribution in [0.25, 0.3) is 22.2 Å². The molecule has 0 N–H and O–H groups in total. The van der Waals surface area contributed by atoms with E-state index in [2.05, 4.69) is 39.7 Å². The van der Waals surface area contributed by atoms with Gasteiger partial charge in [0.25, 0.3) is 0 Å². The highest BCUT2D eigenvalue weighted by Gasteiger charge is 2.13. The van der Waals surface area contributed by atoms with Crippen LogP contribution < -0.4 is 4.74 Å². The van der Waals surface area contributed by atoms with Gasteiger partial charge in [-0.1, -0.05) is 19.6 Å². The molecule has 0 saturated heterocycles. The van der Waals surface area contributed by atoms with Gasteiger partial charge < -0.3 is 9.47 Å². The van der Waals surface area contributed by atoms with Gasteiger partial charge in [-0.3, -0.25) is 0 Å². The third-order valence-electron chi connectivity index (χ3n) is 3.83. The highest BCUT2D eigenvalue weighted by molar-refractivity contribution is 6.76. The number of rotatable bonds is 7. The zero-order chi connectivity index (χ0) is 17.9. The Morgan fingerprint density at radius 1 is 1.00 bits per heavy atom. The summed E-state index contributed by atoms with van der Waals surface area (Å²) in [5.41, 5.74) is 2.63. The number of fused-ring (bicyclic) bond motifs is 1. The van der Waals surface area contributed by atoms with Crippen molar-refractivity contribution in [3.05, 3.63) is 30.9 Å². The number of ether oxygens (including phenoxy) is 2. The molecule has 0 aliphatic heterocycles. The maximum atomic E-state index is 5.76. The van der Waals surface area contributed by atoms with E-state index in [0.29, 0.717) is 12.7 Å². The average Bonchev–Trinajstić information content (AvgIpc) is 3.00. The molecule has 3 aromatic heterocycles. The van der Waals surface area contributed by atoms with Crippen LogP contribution in [-0.2, 0) is 11.5 Å². The number of aromatic nitrogens is 5. The molecule has 3 aromatic rings. The molecule has 0 atom stereocenters. The first-order valence-electron chi connectivity index (χ1n) is 8.22. The molecular formula is C17H23N5O2Si. The summed E-state index contributed by atoms with van der Waals surface area (Å²) in [6.45, 7) is 8.20. The number of hydrogen-bond acceptors (Lipinski definition) is 6. The Hall–Kier alpha value is -2.32. The predicted molar refractivity (Wildman–Crippen MR) is 99.2 cm³/mol. The Kier molecular flexibility index (Phi) is 5.10. The molecule has 0 fully saturated rings. The second-order valence-corrected chi connectivity index (χ2v) is 12.7. The summed E-state index contributed by atoms with van der Waals surface area (Å²) < 4.78 is 12.5. The Morgan fingerprint density at radius 3 is 2.40 bits per heavy atom. The fourth-order valence-electron chi connectivity index (χ4n) is 2.32. The lowest BCUT2D eigenvalue weighted by Crippen LogP contribution is -2.22. The van der Waals surface area contributed by atoms with Crippen LogP contribution in [0.2, 0.25) is 25.7 Å². The molecule has 3 rings (SSSR count). The zero-order valence-corrected chi connectivity index (χ0v) is 16.1. The van der Waals surface area contributed by atoms with Crippen LogP contribution in [-0.4, -0.2) is 46.5 Å². The van der Waals surface area contributed by atoms with Crippen molar-refractivity contribution in [1.29, 1.82) is 0 Å². The van der Waals surface area contributed by atoms with E-state index in [9.17, 15) is 0 Å². The molecular weight excluding hydrogens is 334 g/mol. The van der Waals surface area contributed by atoms with Crippen LogP contribution in [0, 0.1) is 0 Å². The smallest absolute Gasteiger partial charge is 0.316 e. The first kappa shape index (κ1) is 17.5. The van der Waals surface area contributed by atoms with Crippen molar-refractivity contribution in [3.63, 3.8) is 0 Å². The van der Waals surface area contributed by atoms with Crippen molar-refractivity contribution in [3.8, 4) is 17.1 Å². The van der Waals surface area contributed by atoms with Gasteiger partial charge in [0.1, 0.15) is 6.73 Å². The number of pyridine rings is 1. The van der Waals surface area contributed by atoms with Gasteiger partial charge in [0.2, 0.25) is 0 Å². The van der Waals surface area contributed by atoms with E-state index in [0.717, 1.165) is 34.8 Å². The minimum Gasteiger partial charge on any atom is -0.467 e. The standard InChI is InChI=1S/C17H23N5O2Si/c1-23-17-19-9-15(10-20-17)13-7-14-11-21-22(16(14)18-8-13)12-24-5-6-25(2,3)4/h7-11H,5-6,12H2,1-4H3. The van der Waals surface area contributed by atoms with E-state index < -0.39 is 8.07 Å². The monoisotopic (exact) mass is 357 g/mol. The lowest BCUT2D eigenvalue weighted by molar-refractivity contribution is 0.0813. The molecule has 8 heteroatoms. The molecule has 0 saturated carbocycles. The second-order valence-electron chi connectivity index (χ2n) is 7.09. The van der Waals surface area contributed by atoms with E-state index in [1.807, 2.05) is 6.07 Å². The van der Waals surface area contributed by atoms with Crippen molar-refractivity contribution >= 4 is 19.1 Å². The van der Waals surface area contributed by atoms with Gasteiger partial charge in [-0.15, -0.1) is 0 Å². The molecule has 0 unspecified atom stereocenters. The Bertz CT molecular complexity index is 842. The van der Waals surface area contributed by atoms with E-state index in [-0.39, 0.29) is 0 Å². The third-order valence-corrected chi connectivity index (χ3v) is 5.53. The molecule has 0 aliphatic carbocycles. The van der Waals surface area contributed by atoms with Crippen LogP contribution in [0.15, 0.2) is 30.9 Å². The van der Waals surface area contributed by atoms with E-state index in [4.69, 9.17) is 9.47 Å². The lowest BCUT2D eigenvalue weighted by Gasteiger charge is -2.15. The zero-order valence-electron chi connectivity index (χ0n) is 15.1. The molecule has 0 bridgehead atoms. The van der Waals surface area contributed by atoms with E-state index >= 15 is 0 Å². The summed E-state index contributed by atoms with van der Waals surface area (Å²) in [5, 5.41) is 5.34. The minimum absolute atomic E-state index is 0.348. The van der Waals surface area contributed by atoms with Gasteiger partial charge in [0.05, 0.1) is 13.3 Å². The SMILES string of the molecule is COc1ncc(-c2cnc3c(cnn3COCC[Si](C)(C)C)c2)cn1. The van der Waals surface area contributed by atoms with E-state index in [1.54, 1.807) is 36.6 Å². The third kappa shape index (κ3) is 4.40. The molecule has 132 valence electrons. The topological polar surface area (TPSA) is 75.0 Å². The van der Waals surface area contributed by atoms with Crippen molar-refractivity contribution in [1.82, 2.24) is 24.7 Å². The van der Waals surface area contributed by atoms with Gasteiger partial charge >= 0.3 is 6.01 Å². The van der Waals surface area contributed by atoms with Crippen molar-refractivity contribution in [2.45, 2.75) is 32.4 Å². The molecule has 0 radical (unpaired) electrons. The highest BCUT2D eigenvalue weighted by Crippen LogP contribution is 2.22. The van der Waals surface area contributed by atoms with Gasteiger partial charge in [-0.2, -0.15) is 5.10 Å². The van der Waals surface area contributed by atoms with Gasteiger partial charge in [0.15, 0.2) is 5.65 Å². The fraction of sp³-hybridized carbons (Fsp3) is 0.412. The Morgan fingerprint density at radius 2 is 1.72 bits per heavy atom. The number of methoxy groups -OCH3 is 1. The largest absolute Gasteiger partial charge is 0.467 e. The van der Waals surface area contributed by atoms with Crippen molar-refractivity contribution in [2.75, 3.05) is 13.7 Å². The van der Waals surface area contributed by atoms with Crippen molar-refractivity contribution < 1.29 is 9.47 Å². The Labute approximate surface area is 148 Å². The van der Waals surface area contributed by atoms with Crippen LogP contribution in [0.4, 0.5) is 0 Å². The second kappa shape index (κ2) is 7.28. The molecule has 0 amide bonds. The summed E-state index contributed by atoms with van der Waals surface area (Å²) in [6, 6.07) is 3.52. The molecule has 0 spiro atoms. The summed E-state index contributed by atoms with van der Waals surface area (Å²) in [7, 11) is 0.469. The molecule has 25 heavy (non-hydrogen) atoms. The van der Waals surface area contributed by atoms with Crippen LogP contribution in [0.5, 0.6) is 6.01 Å². The first-order valence-corrected chi connectivity index (χ1v) is 11.9. The van der Waals surface area contributed by atoms with Crippen LogP contribution in [0.3, 0.4) is 0 Å². The maximum Gasteiger partial charge on any atom is 0.316 e. The van der Waals surface area contributed by atoms with Gasteiger partial charge in [0, 0.05) is 49.8 Å². The molecule has 3 heterocycles. The average molecular weight is 357 g/mol. The lowest BCUT2D eigenvalue weighted by atomic mass is 10.1. The summed E-state index contributed by atoms with van der Waals surface area (Å²) in [4.78, 5) is 12.8. The Balaban J connectivity index is 1.72. The van der Waals surface area contributed by atoms with Gasteiger partial charge in [-0.05, 0) is 12.1 Å². The van der Waals surface area contributed by atoms with Crippen molar-refractivity contribution in [2.24, 2.45) is 0 Å². The maximum absolute atomic E-state index is 5.76. The summed E-state index contributed by atoms with van der Waals surface area (Å²) >= 11 is 0. The number of nitrogens with zero attached hydrogens (tertiary/aromatic N) is 5. The predicted octanol–water partition coefficient (Wildman–Crippen LogP) is 3.21. The van der Waals surface area contributed by atoms with Crippen LogP contribution >= 0.6 is 0 Å². The first-order chi connectivity index (χ1) is 12.0.